The van der Waals surface area contributed by atoms with E-state index >= 15 is 0 Å². The van der Waals surface area contributed by atoms with Gasteiger partial charge in [0.25, 0.3) is 0 Å². The van der Waals surface area contributed by atoms with Crippen molar-refractivity contribution in [2.75, 3.05) is 13.7 Å². The Bertz CT molecular complexity index is 604. The number of nitrogens with one attached hydrogen (secondary N) is 1. The molecule has 2 rings (SSSR count). The molecule has 0 radical (unpaired) electrons. The minimum absolute atomic E-state index is 0.136. The van der Waals surface area contributed by atoms with Crippen LogP contribution in [0.25, 0.3) is 0 Å². The summed E-state index contributed by atoms with van der Waals surface area (Å²) in [5.74, 6) is 0.407. The normalized spacial score (nSPS) is 19.9. The Morgan fingerprint density at radius 3 is 2.30 bits per heavy atom. The monoisotopic (exact) mass is 376 g/mol. The number of amides is 2. The van der Waals surface area contributed by atoms with Crippen LogP contribution in [0.2, 0.25) is 0 Å². The van der Waals surface area contributed by atoms with Gasteiger partial charge in [-0.25, -0.2) is 9.59 Å². The van der Waals surface area contributed by atoms with Gasteiger partial charge in [0.05, 0.1) is 7.11 Å². The fourth-order valence-electron chi connectivity index (χ4n) is 3.41. The van der Waals surface area contributed by atoms with Gasteiger partial charge in [-0.05, 0) is 57.9 Å². The molecule has 1 aromatic rings. The second kappa shape index (κ2) is 9.62. The largest absolute Gasteiger partial charge is 0.453 e. The first-order chi connectivity index (χ1) is 12.8. The van der Waals surface area contributed by atoms with Gasteiger partial charge >= 0.3 is 12.2 Å². The first-order valence-corrected chi connectivity index (χ1v) is 9.63. The van der Waals surface area contributed by atoms with Crippen LogP contribution in [0.3, 0.4) is 0 Å². The summed E-state index contributed by atoms with van der Waals surface area (Å²) in [5, 5.41) is 2.96. The molecule has 0 aromatic heterocycles. The van der Waals surface area contributed by atoms with Crippen LogP contribution >= 0.6 is 0 Å². The molecule has 6 nitrogen and oxygen atoms in total. The van der Waals surface area contributed by atoms with Crippen molar-refractivity contribution in [3.63, 3.8) is 0 Å². The van der Waals surface area contributed by atoms with Crippen molar-refractivity contribution in [3.05, 3.63) is 35.9 Å². The maximum atomic E-state index is 12.2. The molecule has 1 aliphatic rings. The molecule has 0 heterocycles. The van der Waals surface area contributed by atoms with E-state index in [2.05, 4.69) is 5.32 Å². The van der Waals surface area contributed by atoms with Gasteiger partial charge in [0, 0.05) is 19.1 Å². The van der Waals surface area contributed by atoms with Crippen molar-refractivity contribution in [1.29, 1.82) is 0 Å². The Kier molecular flexibility index (Phi) is 7.51. The standard InChI is InChI=1S/C21H32N2O4/c1-21(2,3)27-19(24)22-18-12-10-17(11-13-18)15-23(20(25)26-4)14-16-8-6-5-7-9-16/h5-9,17-18H,10-15H2,1-4H3,(H,22,24). The van der Waals surface area contributed by atoms with Gasteiger partial charge in [0.15, 0.2) is 0 Å². The summed E-state index contributed by atoms with van der Waals surface area (Å²) >= 11 is 0. The van der Waals surface area contributed by atoms with E-state index in [1.54, 1.807) is 4.90 Å². The van der Waals surface area contributed by atoms with Crippen LogP contribution in [0.15, 0.2) is 30.3 Å². The van der Waals surface area contributed by atoms with E-state index in [0.717, 1.165) is 31.2 Å². The van der Waals surface area contributed by atoms with Gasteiger partial charge < -0.3 is 19.7 Å². The van der Waals surface area contributed by atoms with E-state index in [-0.39, 0.29) is 18.2 Å². The molecule has 1 N–H and O–H groups in total. The molecule has 1 saturated carbocycles. The summed E-state index contributed by atoms with van der Waals surface area (Å²) in [4.78, 5) is 25.8. The van der Waals surface area contributed by atoms with Gasteiger partial charge in [-0.15, -0.1) is 0 Å². The first kappa shape index (κ1) is 21.1. The highest BCUT2D eigenvalue weighted by Gasteiger charge is 2.27. The molecular weight excluding hydrogens is 344 g/mol. The van der Waals surface area contributed by atoms with Crippen molar-refractivity contribution >= 4 is 12.2 Å². The Balaban J connectivity index is 1.83. The Morgan fingerprint density at radius 2 is 1.74 bits per heavy atom. The van der Waals surface area contributed by atoms with Crippen LogP contribution in [0, 0.1) is 5.92 Å². The number of methoxy groups -OCH3 is 1. The number of benzene rings is 1. The minimum Gasteiger partial charge on any atom is -0.453 e. The van der Waals surface area contributed by atoms with Crippen LogP contribution in [0.1, 0.15) is 52.0 Å². The fraction of sp³-hybridized carbons (Fsp3) is 0.619. The highest BCUT2D eigenvalue weighted by molar-refractivity contribution is 5.68. The van der Waals surface area contributed by atoms with E-state index in [4.69, 9.17) is 9.47 Å². The second-order valence-corrected chi connectivity index (χ2v) is 8.20. The number of rotatable bonds is 5. The summed E-state index contributed by atoms with van der Waals surface area (Å²) in [5.41, 5.74) is 0.600. The highest BCUT2D eigenvalue weighted by Crippen LogP contribution is 2.26. The lowest BCUT2D eigenvalue weighted by Crippen LogP contribution is -2.42. The minimum atomic E-state index is -0.486. The molecule has 0 saturated heterocycles. The lowest BCUT2D eigenvalue weighted by molar-refractivity contribution is 0.0483. The average Bonchev–Trinajstić information content (AvgIpc) is 2.61. The number of carbonyl (C=O) groups is 2. The van der Waals surface area contributed by atoms with Crippen LogP contribution in [-0.4, -0.2) is 42.4 Å². The SMILES string of the molecule is COC(=O)N(Cc1ccccc1)CC1CCC(NC(=O)OC(C)(C)C)CC1. The summed E-state index contributed by atoms with van der Waals surface area (Å²) < 4.78 is 10.3. The van der Waals surface area contributed by atoms with Crippen LogP contribution in [-0.2, 0) is 16.0 Å². The van der Waals surface area contributed by atoms with E-state index in [1.807, 2.05) is 51.1 Å². The van der Waals surface area contributed by atoms with Gasteiger partial charge in [0.1, 0.15) is 5.60 Å². The molecule has 2 amide bonds. The lowest BCUT2D eigenvalue weighted by atomic mass is 9.85. The third kappa shape index (κ3) is 7.49. The van der Waals surface area contributed by atoms with E-state index < -0.39 is 5.60 Å². The second-order valence-electron chi connectivity index (χ2n) is 8.20. The van der Waals surface area contributed by atoms with Crippen molar-refractivity contribution in [1.82, 2.24) is 10.2 Å². The number of ether oxygens (including phenoxy) is 2. The molecule has 0 bridgehead atoms. The molecule has 0 aliphatic heterocycles. The van der Waals surface area contributed by atoms with Crippen LogP contribution < -0.4 is 5.32 Å². The van der Waals surface area contributed by atoms with Gasteiger partial charge in [-0.2, -0.15) is 0 Å². The molecule has 150 valence electrons. The van der Waals surface area contributed by atoms with Crippen molar-refractivity contribution < 1.29 is 19.1 Å². The molecule has 1 fully saturated rings. The van der Waals surface area contributed by atoms with Crippen molar-refractivity contribution in [2.45, 2.75) is 64.6 Å². The number of carbonyl (C=O) groups excluding carboxylic acids is 2. The molecule has 0 unspecified atom stereocenters. The lowest BCUT2D eigenvalue weighted by Gasteiger charge is -2.33. The van der Waals surface area contributed by atoms with Crippen LogP contribution in [0.4, 0.5) is 9.59 Å². The summed E-state index contributed by atoms with van der Waals surface area (Å²) in [7, 11) is 1.42. The highest BCUT2D eigenvalue weighted by atomic mass is 16.6. The maximum absolute atomic E-state index is 12.2. The predicted octanol–water partition coefficient (Wildman–Crippen LogP) is 4.34. The van der Waals surface area contributed by atoms with Crippen LogP contribution in [0.5, 0.6) is 0 Å². The average molecular weight is 376 g/mol. The summed E-state index contributed by atoms with van der Waals surface area (Å²) in [6.07, 6.45) is 3.05. The van der Waals surface area contributed by atoms with E-state index in [9.17, 15) is 9.59 Å². The Labute approximate surface area is 162 Å². The molecule has 1 aliphatic carbocycles. The van der Waals surface area contributed by atoms with E-state index in [1.165, 1.54) is 7.11 Å². The zero-order valence-corrected chi connectivity index (χ0v) is 16.9. The summed E-state index contributed by atoms with van der Waals surface area (Å²) in [6, 6.07) is 10.1. The molecular formula is C21H32N2O4. The predicted molar refractivity (Wildman–Crippen MR) is 104 cm³/mol. The molecule has 27 heavy (non-hydrogen) atoms. The van der Waals surface area contributed by atoms with Gasteiger partial charge in [0.2, 0.25) is 0 Å². The molecule has 6 heteroatoms. The third-order valence-corrected chi connectivity index (χ3v) is 4.70. The maximum Gasteiger partial charge on any atom is 0.409 e. The zero-order chi connectivity index (χ0) is 19.9. The van der Waals surface area contributed by atoms with Gasteiger partial charge in [-0.1, -0.05) is 30.3 Å². The summed E-state index contributed by atoms with van der Waals surface area (Å²) in [6.45, 7) is 6.79. The topological polar surface area (TPSA) is 67.9 Å². The van der Waals surface area contributed by atoms with Crippen molar-refractivity contribution in [2.24, 2.45) is 5.92 Å². The Hall–Kier alpha value is -2.24. The smallest absolute Gasteiger partial charge is 0.409 e. The number of hydrogen-bond acceptors (Lipinski definition) is 4. The fourth-order valence-corrected chi connectivity index (χ4v) is 3.41. The molecule has 1 aromatic carbocycles. The molecule has 0 spiro atoms. The zero-order valence-electron chi connectivity index (χ0n) is 16.9. The molecule has 0 atom stereocenters. The Morgan fingerprint density at radius 1 is 1.11 bits per heavy atom. The van der Waals surface area contributed by atoms with E-state index in [0.29, 0.717) is 19.0 Å². The third-order valence-electron chi connectivity index (χ3n) is 4.70. The quantitative estimate of drug-likeness (QED) is 0.830. The first-order valence-electron chi connectivity index (χ1n) is 9.63. The number of alkyl carbamates (subject to hydrolysis) is 1. The van der Waals surface area contributed by atoms with Gasteiger partial charge in [-0.3, -0.25) is 0 Å². The number of hydrogen-bond donors (Lipinski definition) is 1. The number of nitrogens with zero attached hydrogens (tertiary/aromatic N) is 1. The van der Waals surface area contributed by atoms with Crippen molar-refractivity contribution in [3.8, 4) is 0 Å².